The van der Waals surface area contributed by atoms with Crippen molar-refractivity contribution in [2.24, 2.45) is 5.92 Å². The normalized spacial score (nSPS) is 18.4. The maximum absolute atomic E-state index is 10.3. The van der Waals surface area contributed by atoms with Crippen LogP contribution in [0.2, 0.25) is 0 Å². The van der Waals surface area contributed by atoms with E-state index in [1.54, 1.807) is 0 Å². The number of rotatable bonds is 7. The van der Waals surface area contributed by atoms with Crippen molar-refractivity contribution in [1.29, 1.82) is 0 Å². The van der Waals surface area contributed by atoms with Crippen molar-refractivity contribution in [1.82, 2.24) is 0 Å². The smallest absolute Gasteiger partial charge is 0.119 e. The summed E-state index contributed by atoms with van der Waals surface area (Å²) in [7, 11) is 0. The Kier molecular flexibility index (Phi) is 4.65. The molecule has 2 heteroatoms. The van der Waals surface area contributed by atoms with E-state index in [0.29, 0.717) is 12.0 Å². The average molecular weight is 248 g/mol. The highest BCUT2D eigenvalue weighted by atomic mass is 16.5. The minimum absolute atomic E-state index is 0.320. The Morgan fingerprint density at radius 1 is 1.28 bits per heavy atom. The highest BCUT2D eigenvalue weighted by molar-refractivity contribution is 5.29. The summed E-state index contributed by atoms with van der Waals surface area (Å²) < 4.78 is 5.70. The molecule has 1 aromatic rings. The maximum atomic E-state index is 10.3. The molecule has 0 radical (unpaired) electrons. The predicted octanol–water partition coefficient (Wildman–Crippen LogP) is 4.09. The first kappa shape index (κ1) is 13.4. The third-order valence-electron chi connectivity index (χ3n) is 3.60. The van der Waals surface area contributed by atoms with Gasteiger partial charge in [-0.3, -0.25) is 0 Å². The van der Waals surface area contributed by atoms with Crippen LogP contribution < -0.4 is 4.74 Å². The molecular formula is C16H24O2. The second-order valence-electron chi connectivity index (χ2n) is 5.45. The number of aliphatic hydroxyl groups excluding tert-OH is 1. The molecule has 2 atom stereocenters. The largest absolute Gasteiger partial charge is 0.490 e. The number of benzene rings is 1. The molecule has 0 bridgehead atoms. The molecule has 0 aromatic heterocycles. The topological polar surface area (TPSA) is 29.5 Å². The van der Waals surface area contributed by atoms with E-state index in [-0.39, 0.29) is 6.10 Å². The van der Waals surface area contributed by atoms with E-state index in [1.165, 1.54) is 25.7 Å². The number of hydrogen-bond donors (Lipinski definition) is 1. The molecule has 1 fully saturated rings. The van der Waals surface area contributed by atoms with E-state index < -0.39 is 0 Å². The SMILES string of the molecule is CCCCC(C)C(O)c1ccc(OC2CC2)cc1. The summed E-state index contributed by atoms with van der Waals surface area (Å²) in [5.41, 5.74) is 1.00. The molecule has 0 aliphatic heterocycles. The molecule has 1 aliphatic carbocycles. The van der Waals surface area contributed by atoms with Gasteiger partial charge in [0, 0.05) is 0 Å². The van der Waals surface area contributed by atoms with Crippen molar-refractivity contribution in [2.45, 2.75) is 58.2 Å². The van der Waals surface area contributed by atoms with Gasteiger partial charge in [0.05, 0.1) is 12.2 Å². The van der Waals surface area contributed by atoms with Gasteiger partial charge in [-0.2, -0.15) is 0 Å². The van der Waals surface area contributed by atoms with E-state index in [2.05, 4.69) is 13.8 Å². The van der Waals surface area contributed by atoms with Gasteiger partial charge in [-0.1, -0.05) is 38.8 Å². The lowest BCUT2D eigenvalue weighted by Gasteiger charge is -2.19. The minimum Gasteiger partial charge on any atom is -0.490 e. The van der Waals surface area contributed by atoms with Crippen molar-refractivity contribution in [3.8, 4) is 5.75 Å². The minimum atomic E-state index is -0.355. The van der Waals surface area contributed by atoms with E-state index in [1.807, 2.05) is 24.3 Å². The number of ether oxygens (including phenoxy) is 1. The second-order valence-corrected chi connectivity index (χ2v) is 5.45. The number of unbranched alkanes of at least 4 members (excludes halogenated alkanes) is 1. The maximum Gasteiger partial charge on any atom is 0.119 e. The van der Waals surface area contributed by atoms with Gasteiger partial charge in [-0.25, -0.2) is 0 Å². The van der Waals surface area contributed by atoms with E-state index in [0.717, 1.165) is 17.7 Å². The fraction of sp³-hybridized carbons (Fsp3) is 0.625. The van der Waals surface area contributed by atoms with Crippen LogP contribution in [0, 0.1) is 5.92 Å². The van der Waals surface area contributed by atoms with Crippen molar-refractivity contribution < 1.29 is 9.84 Å². The summed E-state index contributed by atoms with van der Waals surface area (Å²) in [5, 5.41) is 10.3. The zero-order valence-electron chi connectivity index (χ0n) is 11.4. The fourth-order valence-electron chi connectivity index (χ4n) is 2.13. The second kappa shape index (κ2) is 6.24. The molecule has 2 nitrogen and oxygen atoms in total. The van der Waals surface area contributed by atoms with Crippen molar-refractivity contribution in [3.05, 3.63) is 29.8 Å². The molecule has 1 saturated carbocycles. The third-order valence-corrected chi connectivity index (χ3v) is 3.60. The highest BCUT2D eigenvalue weighted by Crippen LogP contribution is 2.30. The van der Waals surface area contributed by atoms with E-state index >= 15 is 0 Å². The Labute approximate surface area is 110 Å². The molecule has 1 aliphatic rings. The molecule has 0 heterocycles. The van der Waals surface area contributed by atoms with E-state index in [4.69, 9.17) is 4.74 Å². The van der Waals surface area contributed by atoms with Gasteiger partial charge in [0.15, 0.2) is 0 Å². The van der Waals surface area contributed by atoms with Crippen LogP contribution in [-0.2, 0) is 0 Å². The molecule has 1 N–H and O–H groups in total. The van der Waals surface area contributed by atoms with Crippen LogP contribution in [-0.4, -0.2) is 11.2 Å². The fourth-order valence-corrected chi connectivity index (χ4v) is 2.13. The van der Waals surface area contributed by atoms with Gasteiger partial charge < -0.3 is 9.84 Å². The first-order valence-corrected chi connectivity index (χ1v) is 7.15. The van der Waals surface area contributed by atoms with Gasteiger partial charge >= 0.3 is 0 Å². The monoisotopic (exact) mass is 248 g/mol. The van der Waals surface area contributed by atoms with Crippen molar-refractivity contribution in [2.75, 3.05) is 0 Å². The molecule has 2 unspecified atom stereocenters. The zero-order valence-corrected chi connectivity index (χ0v) is 11.4. The molecule has 0 saturated heterocycles. The summed E-state index contributed by atoms with van der Waals surface area (Å²) in [6.45, 7) is 4.30. The Hall–Kier alpha value is -1.02. The van der Waals surface area contributed by atoms with Crippen LogP contribution in [0.1, 0.15) is 57.6 Å². The lowest BCUT2D eigenvalue weighted by molar-refractivity contribution is 0.111. The average Bonchev–Trinajstić information content (AvgIpc) is 3.20. The van der Waals surface area contributed by atoms with Crippen LogP contribution in [0.15, 0.2) is 24.3 Å². The van der Waals surface area contributed by atoms with Crippen LogP contribution >= 0.6 is 0 Å². The number of aliphatic hydroxyl groups is 1. The summed E-state index contributed by atoms with van der Waals surface area (Å²) in [6, 6.07) is 7.93. The summed E-state index contributed by atoms with van der Waals surface area (Å²) in [5.74, 6) is 1.25. The van der Waals surface area contributed by atoms with Crippen LogP contribution in [0.5, 0.6) is 5.75 Å². The van der Waals surface area contributed by atoms with Crippen LogP contribution in [0.4, 0.5) is 0 Å². The highest BCUT2D eigenvalue weighted by Gasteiger charge is 2.23. The molecule has 1 aromatic carbocycles. The van der Waals surface area contributed by atoms with Crippen LogP contribution in [0.25, 0.3) is 0 Å². The molecule has 100 valence electrons. The predicted molar refractivity (Wildman–Crippen MR) is 73.7 cm³/mol. The van der Waals surface area contributed by atoms with Crippen molar-refractivity contribution in [3.63, 3.8) is 0 Å². The summed E-state index contributed by atoms with van der Waals surface area (Å²) in [6.07, 6.45) is 5.89. The Morgan fingerprint density at radius 3 is 2.50 bits per heavy atom. The number of hydrogen-bond acceptors (Lipinski definition) is 2. The Morgan fingerprint density at radius 2 is 1.94 bits per heavy atom. The van der Waals surface area contributed by atoms with Gasteiger partial charge in [-0.15, -0.1) is 0 Å². The third kappa shape index (κ3) is 3.74. The lowest BCUT2D eigenvalue weighted by Crippen LogP contribution is -2.09. The molecule has 0 amide bonds. The Balaban J connectivity index is 1.90. The summed E-state index contributed by atoms with van der Waals surface area (Å²) >= 11 is 0. The summed E-state index contributed by atoms with van der Waals surface area (Å²) in [4.78, 5) is 0. The molecular weight excluding hydrogens is 224 g/mol. The Bertz CT molecular complexity index is 354. The zero-order chi connectivity index (χ0) is 13.0. The first-order valence-electron chi connectivity index (χ1n) is 7.15. The van der Waals surface area contributed by atoms with Gasteiger partial charge in [0.1, 0.15) is 5.75 Å². The van der Waals surface area contributed by atoms with Crippen molar-refractivity contribution >= 4 is 0 Å². The molecule has 2 rings (SSSR count). The quantitative estimate of drug-likeness (QED) is 0.787. The first-order chi connectivity index (χ1) is 8.70. The molecule has 0 spiro atoms. The standard InChI is InChI=1S/C16H24O2/c1-3-4-5-12(2)16(17)13-6-8-14(9-7-13)18-15-10-11-15/h6-9,12,15-17H,3-5,10-11H2,1-2H3. The van der Waals surface area contributed by atoms with Gasteiger partial charge in [0.2, 0.25) is 0 Å². The van der Waals surface area contributed by atoms with E-state index in [9.17, 15) is 5.11 Å². The van der Waals surface area contributed by atoms with Gasteiger partial charge in [0.25, 0.3) is 0 Å². The molecule has 18 heavy (non-hydrogen) atoms. The lowest BCUT2D eigenvalue weighted by atomic mass is 9.93. The van der Waals surface area contributed by atoms with Crippen LogP contribution in [0.3, 0.4) is 0 Å². The van der Waals surface area contributed by atoms with Gasteiger partial charge in [-0.05, 0) is 42.9 Å².